The highest BCUT2D eigenvalue weighted by Gasteiger charge is 2.14. The number of esters is 1. The number of halogens is 1. The average Bonchev–Trinajstić information content (AvgIpc) is 1.81. The average molecular weight is 209 g/mol. The van der Waals surface area contributed by atoms with Crippen molar-refractivity contribution in [1.29, 1.82) is 0 Å². The molecule has 0 aromatic rings. The molecule has 0 fully saturated rings. The lowest BCUT2D eigenvalue weighted by molar-refractivity contribution is -0.143. The monoisotopic (exact) mass is 208 g/mol. The van der Waals surface area contributed by atoms with Gasteiger partial charge >= 0.3 is 5.97 Å². The minimum atomic E-state index is -0.146. The summed E-state index contributed by atoms with van der Waals surface area (Å²) in [6.45, 7) is 6.12. The van der Waals surface area contributed by atoms with Crippen LogP contribution in [-0.2, 0) is 9.53 Å². The molecule has 0 spiro atoms. The Morgan fingerprint density at radius 1 is 1.60 bits per heavy atom. The van der Waals surface area contributed by atoms with Gasteiger partial charge in [0, 0.05) is 6.42 Å². The van der Waals surface area contributed by atoms with E-state index >= 15 is 0 Å². The standard InChI is InChI=1S/C7H13BrO2/c1-4-6(9)10-5-7(2,3)8/h4-5H2,1-3H3. The van der Waals surface area contributed by atoms with Gasteiger partial charge < -0.3 is 4.74 Å². The van der Waals surface area contributed by atoms with E-state index in [2.05, 4.69) is 15.9 Å². The lowest BCUT2D eigenvalue weighted by Gasteiger charge is -2.15. The van der Waals surface area contributed by atoms with Crippen molar-refractivity contribution in [2.45, 2.75) is 31.5 Å². The summed E-state index contributed by atoms with van der Waals surface area (Å²) in [5.74, 6) is -0.146. The fourth-order valence-corrected chi connectivity index (χ4v) is 0.469. The van der Waals surface area contributed by atoms with Gasteiger partial charge in [0.1, 0.15) is 6.61 Å². The second kappa shape index (κ2) is 3.96. The first kappa shape index (κ1) is 9.95. The molecule has 0 radical (unpaired) electrons. The van der Waals surface area contributed by atoms with Crippen molar-refractivity contribution in [3.8, 4) is 0 Å². The SMILES string of the molecule is CCC(=O)OCC(C)(C)Br. The first-order chi connectivity index (χ1) is 4.45. The number of rotatable bonds is 3. The minimum Gasteiger partial charge on any atom is -0.464 e. The van der Waals surface area contributed by atoms with Crippen LogP contribution in [0.5, 0.6) is 0 Å². The van der Waals surface area contributed by atoms with Crippen molar-refractivity contribution < 1.29 is 9.53 Å². The lowest BCUT2D eigenvalue weighted by Crippen LogP contribution is -2.20. The molecule has 0 aliphatic rings. The zero-order valence-corrected chi connectivity index (χ0v) is 8.19. The van der Waals surface area contributed by atoms with Crippen LogP contribution in [0.25, 0.3) is 0 Å². The fourth-order valence-electron chi connectivity index (χ4n) is 0.354. The number of ether oxygens (including phenoxy) is 1. The molecular weight excluding hydrogens is 196 g/mol. The molecule has 3 heteroatoms. The summed E-state index contributed by atoms with van der Waals surface area (Å²) >= 11 is 3.36. The Morgan fingerprint density at radius 2 is 2.10 bits per heavy atom. The molecule has 0 heterocycles. The van der Waals surface area contributed by atoms with Crippen LogP contribution in [-0.4, -0.2) is 16.9 Å². The summed E-state index contributed by atoms with van der Waals surface area (Å²) < 4.78 is 4.77. The predicted octanol–water partition coefficient (Wildman–Crippen LogP) is 2.11. The maximum atomic E-state index is 10.6. The van der Waals surface area contributed by atoms with Crippen LogP contribution in [0.2, 0.25) is 0 Å². The lowest BCUT2D eigenvalue weighted by atomic mass is 10.2. The van der Waals surface area contributed by atoms with Crippen LogP contribution in [0.15, 0.2) is 0 Å². The summed E-state index contributed by atoms with van der Waals surface area (Å²) in [7, 11) is 0. The molecule has 2 nitrogen and oxygen atoms in total. The van der Waals surface area contributed by atoms with Gasteiger partial charge in [-0.1, -0.05) is 22.9 Å². The van der Waals surface area contributed by atoms with Crippen molar-refractivity contribution in [2.75, 3.05) is 6.61 Å². The smallest absolute Gasteiger partial charge is 0.305 e. The summed E-state index contributed by atoms with van der Waals surface area (Å²) in [6.07, 6.45) is 0.448. The van der Waals surface area contributed by atoms with Gasteiger partial charge in [-0.2, -0.15) is 0 Å². The molecule has 0 N–H and O–H groups in total. The highest BCUT2D eigenvalue weighted by Crippen LogP contribution is 2.15. The fraction of sp³-hybridized carbons (Fsp3) is 0.857. The Bertz CT molecular complexity index is 115. The Morgan fingerprint density at radius 3 is 2.40 bits per heavy atom. The third-order valence-corrected chi connectivity index (χ3v) is 1.09. The van der Waals surface area contributed by atoms with E-state index in [1.54, 1.807) is 6.92 Å². The number of alkyl halides is 1. The van der Waals surface area contributed by atoms with Gasteiger partial charge in [0.2, 0.25) is 0 Å². The first-order valence-electron chi connectivity index (χ1n) is 3.30. The van der Waals surface area contributed by atoms with Crippen LogP contribution < -0.4 is 0 Å². The molecule has 60 valence electrons. The Labute approximate surface area is 70.1 Å². The number of hydrogen-bond acceptors (Lipinski definition) is 2. The molecule has 0 atom stereocenters. The highest BCUT2D eigenvalue weighted by atomic mass is 79.9. The third kappa shape index (κ3) is 6.08. The van der Waals surface area contributed by atoms with E-state index in [1.807, 2.05) is 13.8 Å². The maximum Gasteiger partial charge on any atom is 0.305 e. The van der Waals surface area contributed by atoms with Gasteiger partial charge in [-0.3, -0.25) is 4.79 Å². The van der Waals surface area contributed by atoms with Crippen LogP contribution in [0.4, 0.5) is 0 Å². The van der Waals surface area contributed by atoms with Gasteiger partial charge in [-0.25, -0.2) is 0 Å². The summed E-state index contributed by atoms with van der Waals surface area (Å²) in [5, 5.41) is 0. The topological polar surface area (TPSA) is 26.3 Å². The van der Waals surface area contributed by atoms with E-state index in [0.29, 0.717) is 13.0 Å². The molecular formula is C7H13BrO2. The van der Waals surface area contributed by atoms with Crippen molar-refractivity contribution in [3.63, 3.8) is 0 Å². The largest absolute Gasteiger partial charge is 0.464 e. The summed E-state index contributed by atoms with van der Waals surface area (Å²) in [4.78, 5) is 10.6. The maximum absolute atomic E-state index is 10.6. The number of carbonyl (C=O) groups is 1. The Hall–Kier alpha value is -0.0500. The van der Waals surface area contributed by atoms with E-state index in [1.165, 1.54) is 0 Å². The third-order valence-electron chi connectivity index (χ3n) is 0.865. The summed E-state index contributed by atoms with van der Waals surface area (Å²) in [6, 6.07) is 0. The zero-order chi connectivity index (χ0) is 8.20. The van der Waals surface area contributed by atoms with E-state index in [0.717, 1.165) is 0 Å². The number of carbonyl (C=O) groups excluding carboxylic acids is 1. The van der Waals surface area contributed by atoms with Gasteiger partial charge in [0.25, 0.3) is 0 Å². The van der Waals surface area contributed by atoms with Crippen molar-refractivity contribution in [1.82, 2.24) is 0 Å². The normalized spacial score (nSPS) is 11.2. The second-order valence-corrected chi connectivity index (χ2v) is 4.88. The molecule has 0 saturated carbocycles. The van der Waals surface area contributed by atoms with Gasteiger partial charge in [0.05, 0.1) is 4.32 Å². The van der Waals surface area contributed by atoms with Crippen LogP contribution in [0.3, 0.4) is 0 Å². The molecule has 0 bridgehead atoms. The molecule has 0 rings (SSSR count). The van der Waals surface area contributed by atoms with Crippen molar-refractivity contribution in [3.05, 3.63) is 0 Å². The number of hydrogen-bond donors (Lipinski definition) is 0. The van der Waals surface area contributed by atoms with E-state index < -0.39 is 0 Å². The highest BCUT2D eigenvalue weighted by molar-refractivity contribution is 9.10. The van der Waals surface area contributed by atoms with E-state index in [9.17, 15) is 4.79 Å². The van der Waals surface area contributed by atoms with Crippen molar-refractivity contribution in [2.24, 2.45) is 0 Å². The molecule has 0 aliphatic heterocycles. The summed E-state index contributed by atoms with van der Waals surface area (Å²) in [5.41, 5.74) is 0. The van der Waals surface area contributed by atoms with Gasteiger partial charge in [-0.15, -0.1) is 0 Å². The van der Waals surface area contributed by atoms with E-state index in [-0.39, 0.29) is 10.3 Å². The Kier molecular flexibility index (Phi) is 3.94. The first-order valence-corrected chi connectivity index (χ1v) is 4.09. The predicted molar refractivity (Wildman–Crippen MR) is 44.3 cm³/mol. The molecule has 0 aromatic carbocycles. The quantitative estimate of drug-likeness (QED) is 0.525. The molecule has 10 heavy (non-hydrogen) atoms. The molecule has 0 unspecified atom stereocenters. The van der Waals surface area contributed by atoms with E-state index in [4.69, 9.17) is 4.74 Å². The van der Waals surface area contributed by atoms with Crippen LogP contribution in [0.1, 0.15) is 27.2 Å². The molecule has 0 aliphatic carbocycles. The van der Waals surface area contributed by atoms with Crippen LogP contribution >= 0.6 is 15.9 Å². The van der Waals surface area contributed by atoms with Crippen molar-refractivity contribution >= 4 is 21.9 Å². The molecule has 0 aromatic heterocycles. The minimum absolute atomic E-state index is 0.0994. The Balaban J connectivity index is 3.46. The molecule has 0 saturated heterocycles. The van der Waals surface area contributed by atoms with Crippen LogP contribution in [0, 0.1) is 0 Å². The zero-order valence-electron chi connectivity index (χ0n) is 6.61. The second-order valence-electron chi connectivity index (χ2n) is 2.73. The molecule has 0 amide bonds. The van der Waals surface area contributed by atoms with Gasteiger partial charge in [0.15, 0.2) is 0 Å². The van der Waals surface area contributed by atoms with Gasteiger partial charge in [-0.05, 0) is 13.8 Å².